The van der Waals surface area contributed by atoms with Gasteiger partial charge in [0.15, 0.2) is 0 Å². The molecule has 13 heteroatoms. The van der Waals surface area contributed by atoms with Crippen molar-refractivity contribution in [3.63, 3.8) is 0 Å². The van der Waals surface area contributed by atoms with E-state index >= 15 is 0 Å². The molecule has 0 atom stereocenters. The molecule has 0 unspecified atom stereocenters. The van der Waals surface area contributed by atoms with Crippen molar-refractivity contribution in [1.29, 1.82) is 0 Å². The van der Waals surface area contributed by atoms with Gasteiger partial charge >= 0.3 is 12.1 Å². The molecule has 0 aliphatic carbocycles. The molecule has 1 aromatic heterocycles. The predicted molar refractivity (Wildman–Crippen MR) is 203 cm³/mol. The summed E-state index contributed by atoms with van der Waals surface area (Å²) in [7, 11) is 1.29. The number of carbonyl (C=O) groups excluding carboxylic acids is 5. The van der Waals surface area contributed by atoms with Gasteiger partial charge in [-0.3, -0.25) is 14.4 Å². The topological polar surface area (TPSA) is 143 Å². The summed E-state index contributed by atoms with van der Waals surface area (Å²) in [5, 5.41) is 8.82. The molecule has 5 rings (SSSR count). The first-order valence-corrected chi connectivity index (χ1v) is 18.3. The molecule has 1 aliphatic rings. The zero-order chi connectivity index (χ0) is 37.4. The highest BCUT2D eigenvalue weighted by Crippen LogP contribution is 2.38. The molecule has 3 N–H and O–H groups in total. The second-order valence-corrected chi connectivity index (χ2v) is 15.1. The van der Waals surface area contributed by atoms with Gasteiger partial charge in [-0.2, -0.15) is 0 Å². The van der Waals surface area contributed by atoms with E-state index in [-0.39, 0.29) is 23.9 Å². The average Bonchev–Trinajstić information content (AvgIpc) is 3.47. The van der Waals surface area contributed by atoms with E-state index in [4.69, 9.17) is 9.47 Å². The normalized spacial score (nSPS) is 12.7. The minimum Gasteiger partial charge on any atom is -0.465 e. The number of benzene rings is 3. The lowest BCUT2D eigenvalue weighted by Gasteiger charge is -2.30. The van der Waals surface area contributed by atoms with Crippen LogP contribution in [0, 0.1) is 6.92 Å². The van der Waals surface area contributed by atoms with Gasteiger partial charge in [0.25, 0.3) is 11.8 Å². The highest BCUT2D eigenvalue weighted by molar-refractivity contribution is 8.00. The fraction of sp³-hybridized carbons (Fsp3) is 0.256. The molecule has 0 saturated heterocycles. The summed E-state index contributed by atoms with van der Waals surface area (Å²) in [4.78, 5) is 68.3. The van der Waals surface area contributed by atoms with Crippen molar-refractivity contribution < 1.29 is 33.4 Å². The third-order valence-electron chi connectivity index (χ3n) is 7.73. The Morgan fingerprint density at radius 2 is 1.67 bits per heavy atom. The molecule has 4 amide bonds. The third-order valence-corrected chi connectivity index (χ3v) is 9.86. The fourth-order valence-electron chi connectivity index (χ4n) is 5.24. The van der Waals surface area contributed by atoms with E-state index in [9.17, 15) is 24.0 Å². The van der Waals surface area contributed by atoms with Crippen LogP contribution in [0.25, 0.3) is 6.08 Å². The lowest BCUT2D eigenvalue weighted by Crippen LogP contribution is -2.39. The van der Waals surface area contributed by atoms with Crippen LogP contribution < -0.4 is 16.0 Å². The molecule has 52 heavy (non-hydrogen) atoms. The van der Waals surface area contributed by atoms with Gasteiger partial charge in [-0.05, 0) is 81.7 Å². The number of fused-ring (bicyclic) bond motifs is 1. The molecular formula is C39H40N4O7S2. The first kappa shape index (κ1) is 37.8. The SMILES string of the molecule is COC(=O)c1c(NC(=O)CSc2cccc(NC(=O)/C(=C\c3ccc(C)cc3)NC(=O)c3ccccc3)c2)sc2c1CCN(C(=O)OC(C)(C)C)C2. The lowest BCUT2D eigenvalue weighted by molar-refractivity contribution is -0.114. The van der Waals surface area contributed by atoms with Crippen LogP contribution in [0.5, 0.6) is 0 Å². The maximum absolute atomic E-state index is 13.5. The van der Waals surface area contributed by atoms with Crippen molar-refractivity contribution in [3.8, 4) is 0 Å². The van der Waals surface area contributed by atoms with Gasteiger partial charge in [-0.15, -0.1) is 23.1 Å². The number of aryl methyl sites for hydroxylation is 1. The van der Waals surface area contributed by atoms with Crippen LogP contribution >= 0.6 is 23.1 Å². The van der Waals surface area contributed by atoms with E-state index in [1.807, 2.05) is 37.3 Å². The Labute approximate surface area is 310 Å². The van der Waals surface area contributed by atoms with Crippen LogP contribution in [0.2, 0.25) is 0 Å². The molecule has 1 aliphatic heterocycles. The third kappa shape index (κ3) is 10.1. The summed E-state index contributed by atoms with van der Waals surface area (Å²) in [5.74, 6) is -1.85. The molecule has 0 saturated carbocycles. The first-order valence-electron chi connectivity index (χ1n) is 16.5. The molecule has 0 radical (unpaired) electrons. The second-order valence-electron chi connectivity index (χ2n) is 13.0. The van der Waals surface area contributed by atoms with Crippen molar-refractivity contribution >= 4 is 69.6 Å². The molecule has 3 aromatic carbocycles. The number of nitrogens with one attached hydrogen (secondary N) is 3. The van der Waals surface area contributed by atoms with Gasteiger partial charge in [0.1, 0.15) is 16.3 Å². The molecule has 0 bridgehead atoms. The molecule has 270 valence electrons. The summed E-state index contributed by atoms with van der Waals surface area (Å²) < 4.78 is 10.6. The number of nitrogens with zero attached hydrogens (tertiary/aromatic N) is 1. The van der Waals surface area contributed by atoms with Gasteiger partial charge in [0, 0.05) is 27.6 Å². The van der Waals surface area contributed by atoms with E-state index in [0.29, 0.717) is 39.7 Å². The van der Waals surface area contributed by atoms with Crippen molar-refractivity contribution in [1.82, 2.24) is 10.2 Å². The first-order chi connectivity index (χ1) is 24.8. The zero-order valence-electron chi connectivity index (χ0n) is 29.5. The Balaban J connectivity index is 1.25. The Hall–Kier alpha value is -5.40. The molecule has 4 aromatic rings. The van der Waals surface area contributed by atoms with E-state index in [0.717, 1.165) is 21.6 Å². The number of carbonyl (C=O) groups is 5. The minimum absolute atomic E-state index is 0.0102. The standard InChI is InChI=1S/C39H40N4O7S2/c1-24-14-16-25(17-15-24)20-30(41-34(45)26-10-7-6-8-11-26)35(46)40-27-12-9-13-28(21-27)51-23-32(44)42-36-33(37(47)49-5)29-18-19-43(22-31(29)52-36)38(48)50-39(2,3)4/h6-17,20-21H,18-19,22-23H2,1-5H3,(H,40,46)(H,41,45)(H,42,44)/b30-20+. The summed E-state index contributed by atoms with van der Waals surface area (Å²) in [6.07, 6.45) is 1.58. The van der Waals surface area contributed by atoms with Crippen LogP contribution in [0.1, 0.15) is 63.1 Å². The summed E-state index contributed by atoms with van der Waals surface area (Å²) in [5.41, 5.74) is 3.13. The number of esters is 1. The Kier molecular flexibility index (Phi) is 12.2. The maximum Gasteiger partial charge on any atom is 0.410 e. The molecule has 0 spiro atoms. The van der Waals surface area contributed by atoms with E-state index in [2.05, 4.69) is 16.0 Å². The van der Waals surface area contributed by atoms with E-state index in [1.54, 1.807) is 80.3 Å². The number of ether oxygens (including phenoxy) is 2. The largest absolute Gasteiger partial charge is 0.465 e. The van der Waals surface area contributed by atoms with Gasteiger partial charge in [-0.25, -0.2) is 9.59 Å². The molecule has 11 nitrogen and oxygen atoms in total. The highest BCUT2D eigenvalue weighted by atomic mass is 32.2. The van der Waals surface area contributed by atoms with Gasteiger partial charge in [0.2, 0.25) is 5.91 Å². The smallest absolute Gasteiger partial charge is 0.410 e. The molecular weight excluding hydrogens is 701 g/mol. The van der Waals surface area contributed by atoms with E-state index in [1.165, 1.54) is 30.2 Å². The second kappa shape index (κ2) is 16.7. The zero-order valence-corrected chi connectivity index (χ0v) is 31.2. The number of thioether (sulfide) groups is 1. The highest BCUT2D eigenvalue weighted by Gasteiger charge is 2.32. The number of amides is 4. The fourth-order valence-corrected chi connectivity index (χ4v) is 7.26. The van der Waals surface area contributed by atoms with Crippen LogP contribution in [-0.2, 0) is 32.0 Å². The van der Waals surface area contributed by atoms with Gasteiger partial charge in [0.05, 0.1) is 25.0 Å². The summed E-state index contributed by atoms with van der Waals surface area (Å²) in [6.45, 7) is 7.98. The van der Waals surface area contributed by atoms with Gasteiger partial charge in [-0.1, -0.05) is 54.1 Å². The van der Waals surface area contributed by atoms with Crippen molar-refractivity contribution in [2.45, 2.75) is 51.2 Å². The number of rotatable bonds is 10. The van der Waals surface area contributed by atoms with Crippen LogP contribution in [0.4, 0.5) is 15.5 Å². The Bertz CT molecular complexity index is 2000. The minimum atomic E-state index is -0.645. The van der Waals surface area contributed by atoms with Gasteiger partial charge < -0.3 is 30.3 Å². The summed E-state index contributed by atoms with van der Waals surface area (Å²) in [6, 6.07) is 23.2. The van der Waals surface area contributed by atoms with Crippen LogP contribution in [-0.4, -0.2) is 59.7 Å². The molecule has 2 heterocycles. The number of thiophene rings is 1. The average molecular weight is 741 g/mol. The predicted octanol–water partition coefficient (Wildman–Crippen LogP) is 7.28. The van der Waals surface area contributed by atoms with Crippen LogP contribution in [0.3, 0.4) is 0 Å². The van der Waals surface area contributed by atoms with Crippen molar-refractivity contribution in [2.24, 2.45) is 0 Å². The maximum atomic E-state index is 13.5. The van der Waals surface area contributed by atoms with Crippen molar-refractivity contribution in [2.75, 3.05) is 30.0 Å². The van der Waals surface area contributed by atoms with Crippen molar-refractivity contribution in [3.05, 3.63) is 117 Å². The number of hydrogen-bond acceptors (Lipinski definition) is 9. The van der Waals surface area contributed by atoms with Crippen LogP contribution in [0.15, 0.2) is 89.5 Å². The quantitative estimate of drug-likeness (QED) is 0.0875. The lowest BCUT2D eigenvalue weighted by atomic mass is 10.0. The Morgan fingerprint density at radius 1 is 0.942 bits per heavy atom. The number of hydrogen-bond donors (Lipinski definition) is 3. The monoisotopic (exact) mass is 740 g/mol. The Morgan fingerprint density at radius 3 is 2.37 bits per heavy atom. The molecule has 0 fully saturated rings. The van der Waals surface area contributed by atoms with E-state index < -0.39 is 29.5 Å². The number of methoxy groups -OCH3 is 1. The summed E-state index contributed by atoms with van der Waals surface area (Å²) >= 11 is 2.48. The number of anilines is 2.